The highest BCUT2D eigenvalue weighted by Gasteiger charge is 2.28. The summed E-state index contributed by atoms with van der Waals surface area (Å²) in [5, 5.41) is 13.1. The molecule has 1 aromatic heterocycles. The van der Waals surface area contributed by atoms with Crippen molar-refractivity contribution < 1.29 is 14.3 Å². The maximum absolute atomic E-state index is 13.1. The van der Waals surface area contributed by atoms with E-state index in [1.54, 1.807) is 12.1 Å². The van der Waals surface area contributed by atoms with E-state index < -0.39 is 17.2 Å². The minimum atomic E-state index is -0.651. The van der Waals surface area contributed by atoms with Crippen LogP contribution in [-0.2, 0) is 13.1 Å². The molecule has 2 heterocycles. The lowest BCUT2D eigenvalue weighted by Crippen LogP contribution is -2.38. The summed E-state index contributed by atoms with van der Waals surface area (Å²) < 4.78 is 14.4. The van der Waals surface area contributed by atoms with Crippen LogP contribution in [0, 0.1) is 5.82 Å². The molecule has 132 valence electrons. The summed E-state index contributed by atoms with van der Waals surface area (Å²) in [4.78, 5) is 30.7. The number of nitrogens with zero attached hydrogens (tertiary/aromatic N) is 3. The van der Waals surface area contributed by atoms with Gasteiger partial charge in [0.25, 0.3) is 11.5 Å². The molecule has 0 spiro atoms. The van der Waals surface area contributed by atoms with Gasteiger partial charge in [-0.1, -0.05) is 12.1 Å². The number of benzene rings is 1. The fourth-order valence-electron chi connectivity index (χ4n) is 2.73. The zero-order chi connectivity index (χ0) is 18.1. The van der Waals surface area contributed by atoms with Crippen molar-refractivity contribution in [1.82, 2.24) is 14.5 Å². The van der Waals surface area contributed by atoms with Gasteiger partial charge in [0.15, 0.2) is 5.69 Å². The van der Waals surface area contributed by atoms with Crippen LogP contribution in [0.1, 0.15) is 29.9 Å². The van der Waals surface area contributed by atoms with Crippen LogP contribution in [-0.4, -0.2) is 38.1 Å². The number of amides is 1. The number of halogens is 1. The van der Waals surface area contributed by atoms with Gasteiger partial charge < -0.3 is 15.3 Å². The molecule has 2 N–H and O–H groups in total. The van der Waals surface area contributed by atoms with E-state index in [4.69, 9.17) is 0 Å². The van der Waals surface area contributed by atoms with E-state index in [9.17, 15) is 19.1 Å². The van der Waals surface area contributed by atoms with E-state index in [-0.39, 0.29) is 30.0 Å². The second kappa shape index (κ2) is 6.54. The van der Waals surface area contributed by atoms with Crippen molar-refractivity contribution in [3.05, 3.63) is 51.7 Å². The first-order valence-electron chi connectivity index (χ1n) is 8.01. The van der Waals surface area contributed by atoms with Crippen molar-refractivity contribution in [2.75, 3.05) is 11.9 Å². The lowest BCUT2D eigenvalue weighted by molar-refractivity contribution is 0.0680. The van der Waals surface area contributed by atoms with Crippen LogP contribution in [0.5, 0.6) is 5.75 Å². The van der Waals surface area contributed by atoms with E-state index in [2.05, 4.69) is 10.3 Å². The van der Waals surface area contributed by atoms with Crippen molar-refractivity contribution >= 4 is 11.9 Å². The van der Waals surface area contributed by atoms with E-state index in [0.29, 0.717) is 13.1 Å². The molecule has 0 radical (unpaired) electrons. The molecule has 25 heavy (non-hydrogen) atoms. The molecular formula is C17H19FN4O3. The minimum absolute atomic E-state index is 0.206. The average molecular weight is 346 g/mol. The van der Waals surface area contributed by atoms with Crippen molar-refractivity contribution in [3.63, 3.8) is 0 Å². The summed E-state index contributed by atoms with van der Waals surface area (Å²) in [6.45, 7) is 4.76. The summed E-state index contributed by atoms with van der Waals surface area (Å²) in [6, 6.07) is 5.61. The van der Waals surface area contributed by atoms with E-state index in [1.807, 2.05) is 13.8 Å². The molecule has 0 saturated carbocycles. The van der Waals surface area contributed by atoms with Gasteiger partial charge in [-0.15, -0.1) is 0 Å². The predicted molar refractivity (Wildman–Crippen MR) is 90.1 cm³/mol. The van der Waals surface area contributed by atoms with Gasteiger partial charge in [-0.25, -0.2) is 9.37 Å². The number of hydrogen-bond acceptors (Lipinski definition) is 5. The highest BCUT2D eigenvalue weighted by atomic mass is 19.1. The molecule has 8 heteroatoms. The number of carbonyl (C=O) groups is 1. The van der Waals surface area contributed by atoms with Gasteiger partial charge in [-0.2, -0.15) is 0 Å². The number of anilines is 1. The number of nitrogens with one attached hydrogen (secondary N) is 1. The molecule has 1 aliphatic heterocycles. The number of carbonyl (C=O) groups excluding carboxylic acids is 1. The number of hydrogen-bond donors (Lipinski definition) is 2. The molecule has 0 aliphatic carbocycles. The molecule has 3 rings (SSSR count). The van der Waals surface area contributed by atoms with Crippen molar-refractivity contribution in [1.29, 1.82) is 0 Å². The van der Waals surface area contributed by atoms with Gasteiger partial charge in [0.1, 0.15) is 5.82 Å². The van der Waals surface area contributed by atoms with Gasteiger partial charge in [0.05, 0.1) is 0 Å². The molecule has 7 nitrogen and oxygen atoms in total. The van der Waals surface area contributed by atoms with Crippen LogP contribution in [0.4, 0.5) is 10.3 Å². The molecule has 0 bridgehead atoms. The SMILES string of the molecule is CC(C)N(Cc1ccc(F)cc1)C(=O)c1nc2n(c(=O)c1O)CCN2. The molecule has 0 atom stereocenters. The molecule has 2 aromatic rings. The van der Waals surface area contributed by atoms with E-state index in [0.717, 1.165) is 5.56 Å². The Bertz CT molecular complexity index is 861. The number of fused-ring (bicyclic) bond motifs is 1. The van der Waals surface area contributed by atoms with Crippen molar-refractivity contribution in [3.8, 4) is 5.75 Å². The predicted octanol–water partition coefficient (Wildman–Crippen LogP) is 1.56. The summed E-state index contributed by atoms with van der Waals surface area (Å²) in [5.74, 6) is -1.28. The van der Waals surface area contributed by atoms with Gasteiger partial charge in [0.2, 0.25) is 11.7 Å². The van der Waals surface area contributed by atoms with Crippen molar-refractivity contribution in [2.45, 2.75) is 33.0 Å². The normalized spacial score (nSPS) is 12.8. The quantitative estimate of drug-likeness (QED) is 0.877. The molecule has 1 amide bonds. The van der Waals surface area contributed by atoms with Crippen LogP contribution >= 0.6 is 0 Å². The van der Waals surface area contributed by atoms with Crippen LogP contribution in [0.2, 0.25) is 0 Å². The third kappa shape index (κ3) is 3.19. The fourth-order valence-corrected chi connectivity index (χ4v) is 2.73. The smallest absolute Gasteiger partial charge is 0.298 e. The van der Waals surface area contributed by atoms with Crippen LogP contribution in [0.15, 0.2) is 29.1 Å². The number of aromatic nitrogens is 2. The topological polar surface area (TPSA) is 87.5 Å². The van der Waals surface area contributed by atoms with Crippen molar-refractivity contribution in [2.24, 2.45) is 0 Å². The Morgan fingerprint density at radius 3 is 2.72 bits per heavy atom. The third-order valence-electron chi connectivity index (χ3n) is 4.12. The summed E-state index contributed by atoms with van der Waals surface area (Å²) >= 11 is 0. The lowest BCUT2D eigenvalue weighted by Gasteiger charge is -2.27. The first-order chi connectivity index (χ1) is 11.9. The second-order valence-corrected chi connectivity index (χ2v) is 6.17. The Kier molecular flexibility index (Phi) is 4.43. The molecule has 0 unspecified atom stereocenters. The Morgan fingerprint density at radius 2 is 2.08 bits per heavy atom. The first-order valence-corrected chi connectivity index (χ1v) is 8.01. The third-order valence-corrected chi connectivity index (χ3v) is 4.12. The van der Waals surface area contributed by atoms with Gasteiger partial charge in [0, 0.05) is 25.7 Å². The zero-order valence-corrected chi connectivity index (χ0v) is 14.0. The Hall–Kier alpha value is -2.90. The maximum Gasteiger partial charge on any atom is 0.298 e. The zero-order valence-electron chi connectivity index (χ0n) is 14.0. The molecular weight excluding hydrogens is 327 g/mol. The largest absolute Gasteiger partial charge is 0.501 e. The van der Waals surface area contributed by atoms with E-state index in [1.165, 1.54) is 21.6 Å². The Morgan fingerprint density at radius 1 is 1.40 bits per heavy atom. The Balaban J connectivity index is 1.95. The molecule has 1 aliphatic rings. The fraction of sp³-hybridized carbons (Fsp3) is 0.353. The van der Waals surface area contributed by atoms with Crippen LogP contribution in [0.3, 0.4) is 0 Å². The highest BCUT2D eigenvalue weighted by molar-refractivity contribution is 5.95. The van der Waals surface area contributed by atoms with Crippen LogP contribution < -0.4 is 10.9 Å². The number of rotatable bonds is 4. The molecule has 0 saturated heterocycles. The standard InChI is InChI=1S/C17H19FN4O3/c1-10(2)22(9-11-3-5-12(18)6-4-11)15(24)13-14(23)16(25)21-8-7-19-17(21)20-13/h3-6,10,23H,7-9H2,1-2H3,(H,19,20). The van der Waals surface area contributed by atoms with Gasteiger partial charge >= 0.3 is 0 Å². The summed E-state index contributed by atoms with van der Waals surface area (Å²) in [6.07, 6.45) is 0. The molecule has 1 aromatic carbocycles. The van der Waals surface area contributed by atoms with Gasteiger partial charge in [-0.05, 0) is 31.5 Å². The summed E-state index contributed by atoms with van der Waals surface area (Å²) in [5.41, 5.74) is -0.177. The monoisotopic (exact) mass is 346 g/mol. The molecule has 0 fully saturated rings. The average Bonchev–Trinajstić information content (AvgIpc) is 3.05. The Labute approximate surface area is 143 Å². The van der Waals surface area contributed by atoms with E-state index >= 15 is 0 Å². The maximum atomic E-state index is 13.1. The van der Waals surface area contributed by atoms with Crippen LogP contribution in [0.25, 0.3) is 0 Å². The second-order valence-electron chi connectivity index (χ2n) is 6.17. The van der Waals surface area contributed by atoms with Gasteiger partial charge in [-0.3, -0.25) is 14.2 Å². The summed E-state index contributed by atoms with van der Waals surface area (Å²) in [7, 11) is 0. The minimum Gasteiger partial charge on any atom is -0.501 e. The highest BCUT2D eigenvalue weighted by Crippen LogP contribution is 2.20. The number of aromatic hydroxyl groups is 1. The lowest BCUT2D eigenvalue weighted by atomic mass is 10.1. The first kappa shape index (κ1) is 16.9.